The van der Waals surface area contributed by atoms with Crippen LogP contribution in [0.1, 0.15) is 21.9 Å². The van der Waals surface area contributed by atoms with E-state index < -0.39 is 113 Å². The van der Waals surface area contributed by atoms with Crippen LogP contribution in [0.5, 0.6) is 0 Å². The Bertz CT molecular complexity index is 2910. The Morgan fingerprint density at radius 1 is 0.395 bits per heavy atom. The van der Waals surface area contributed by atoms with Crippen LogP contribution in [0.2, 0.25) is 0 Å². The van der Waals surface area contributed by atoms with Crippen LogP contribution in [0.4, 0.5) is 0 Å². The lowest BCUT2D eigenvalue weighted by Crippen LogP contribution is -1.97. The third-order valence-corrected chi connectivity index (χ3v) is 6.53. The summed E-state index contributed by atoms with van der Waals surface area (Å²) in [5, 5.41) is 1.04. The van der Waals surface area contributed by atoms with Crippen LogP contribution >= 0.6 is 0 Å². The average molecular weight is 501 g/mol. The molecular formula is C36H24N2. The van der Waals surface area contributed by atoms with Crippen molar-refractivity contribution in [1.82, 2.24) is 9.13 Å². The molecule has 2 heteroatoms. The molecule has 0 amide bonds. The molecule has 0 atom stereocenters. The maximum atomic E-state index is 9.74. The third-order valence-electron chi connectivity index (χ3n) is 6.53. The van der Waals surface area contributed by atoms with E-state index >= 15 is 0 Å². The number of benzene rings is 6. The molecular weight excluding hydrogens is 460 g/mol. The van der Waals surface area contributed by atoms with Gasteiger partial charge in [-0.3, -0.25) is 0 Å². The second kappa shape index (κ2) is 8.22. The second-order valence-electron chi connectivity index (χ2n) is 8.60. The van der Waals surface area contributed by atoms with Crippen molar-refractivity contribution >= 4 is 43.6 Å². The molecule has 0 saturated heterocycles. The fraction of sp³-hybridized carbons (Fsp3) is 0. The van der Waals surface area contributed by atoms with Gasteiger partial charge in [0.15, 0.2) is 0 Å². The molecule has 0 aliphatic rings. The lowest BCUT2D eigenvalue weighted by atomic mass is 10.1. The molecule has 2 heterocycles. The molecule has 6 aromatic carbocycles. The predicted octanol–water partition coefficient (Wildman–Crippen LogP) is 9.55. The van der Waals surface area contributed by atoms with Crippen LogP contribution in [0.25, 0.3) is 66.1 Å². The van der Waals surface area contributed by atoms with E-state index in [2.05, 4.69) is 0 Å². The van der Waals surface area contributed by atoms with Gasteiger partial charge in [-0.2, -0.15) is 0 Å². The fourth-order valence-corrected chi connectivity index (χ4v) is 4.92. The maximum absolute atomic E-state index is 9.74. The van der Waals surface area contributed by atoms with E-state index in [1.54, 1.807) is 28.8 Å². The minimum absolute atomic E-state index is 0.102. The molecule has 0 unspecified atom stereocenters. The van der Waals surface area contributed by atoms with Crippen LogP contribution in [0.15, 0.2) is 145 Å². The zero-order valence-electron chi connectivity index (χ0n) is 35.5. The van der Waals surface area contributed by atoms with Crippen LogP contribution in [0, 0.1) is 0 Å². The highest BCUT2D eigenvalue weighted by molar-refractivity contribution is 6.12. The molecule has 8 rings (SSSR count). The Labute approximate surface area is 243 Å². The largest absolute Gasteiger partial charge is 0.309 e. The minimum Gasteiger partial charge on any atom is -0.309 e. The molecule has 0 spiro atoms. The smallest absolute Gasteiger partial charge is 0.0667 e. The van der Waals surface area contributed by atoms with Crippen molar-refractivity contribution in [2.75, 3.05) is 0 Å². The molecule has 0 N–H and O–H groups in total. The van der Waals surface area contributed by atoms with Crippen LogP contribution in [-0.4, -0.2) is 9.13 Å². The molecule has 2 aromatic heterocycles. The van der Waals surface area contributed by atoms with Crippen LogP contribution in [-0.2, 0) is 0 Å². The molecule has 0 radical (unpaired) electrons. The SMILES string of the molecule is [2H]c1c([2H])c([2H])c(-c2c([2H])c([2H])c(-n3c4c([2H])c([2H])c([2H])c([2H])c4c4c([2H])c([2H])c(-n5c6ccccc6c6ccccc65)c([2H])c43)c([2H])c2[2H])c([2H])c1[2H]. The Balaban J connectivity index is 1.61. The number of hydrogen-bond acceptors (Lipinski definition) is 0. The first-order chi connectivity index (χ1) is 25.5. The molecule has 0 aliphatic heterocycles. The first-order valence-corrected chi connectivity index (χ1v) is 11.7. The summed E-state index contributed by atoms with van der Waals surface area (Å²) >= 11 is 0. The monoisotopic (exact) mass is 500 g/mol. The molecule has 38 heavy (non-hydrogen) atoms. The average Bonchev–Trinajstić information content (AvgIpc) is 3.69. The highest BCUT2D eigenvalue weighted by atomic mass is 15.0. The van der Waals surface area contributed by atoms with Gasteiger partial charge in [0.05, 0.1) is 44.0 Å². The topological polar surface area (TPSA) is 9.86 Å². The lowest BCUT2D eigenvalue weighted by Gasteiger charge is -2.12. The lowest BCUT2D eigenvalue weighted by molar-refractivity contribution is 1.15. The van der Waals surface area contributed by atoms with Gasteiger partial charge in [-0.15, -0.1) is 0 Å². The number of fused-ring (bicyclic) bond motifs is 6. The summed E-state index contributed by atoms with van der Waals surface area (Å²) < 4.78 is 144. The van der Waals surface area contributed by atoms with Crippen molar-refractivity contribution in [3.8, 4) is 22.5 Å². The van der Waals surface area contributed by atoms with E-state index in [9.17, 15) is 6.85 Å². The van der Waals surface area contributed by atoms with Gasteiger partial charge in [0.1, 0.15) is 0 Å². The summed E-state index contributed by atoms with van der Waals surface area (Å²) in [6.07, 6.45) is 0. The van der Waals surface area contributed by atoms with Gasteiger partial charge in [0.2, 0.25) is 0 Å². The maximum Gasteiger partial charge on any atom is 0.0667 e. The van der Waals surface area contributed by atoms with Crippen molar-refractivity contribution in [2.24, 2.45) is 0 Å². The van der Waals surface area contributed by atoms with E-state index in [4.69, 9.17) is 15.1 Å². The Morgan fingerprint density at radius 3 is 1.68 bits per heavy atom. The summed E-state index contributed by atoms with van der Waals surface area (Å²) in [6.45, 7) is 0. The molecule has 8 aromatic rings. The van der Waals surface area contributed by atoms with Crippen molar-refractivity contribution in [3.63, 3.8) is 0 Å². The molecule has 178 valence electrons. The summed E-state index contributed by atoms with van der Waals surface area (Å²) in [4.78, 5) is 0. The molecule has 0 bridgehead atoms. The van der Waals surface area contributed by atoms with Gasteiger partial charge in [-0.05, 0) is 53.5 Å². The van der Waals surface area contributed by atoms with Gasteiger partial charge < -0.3 is 9.13 Å². The van der Waals surface area contributed by atoms with Gasteiger partial charge in [-0.1, -0.05) is 103 Å². The summed E-state index contributed by atoms with van der Waals surface area (Å²) in [5.74, 6) is 0. The highest BCUT2D eigenvalue weighted by Gasteiger charge is 2.16. The van der Waals surface area contributed by atoms with Crippen LogP contribution < -0.4 is 0 Å². The zero-order chi connectivity index (χ0) is 39.0. The second-order valence-corrected chi connectivity index (χ2v) is 8.60. The Kier molecular flexibility index (Phi) is 2.32. The summed E-state index contributed by atoms with van der Waals surface area (Å²) in [6, 6.07) is 3.40. The number of aromatic nitrogens is 2. The van der Waals surface area contributed by atoms with Gasteiger partial charge in [0, 0.05) is 32.9 Å². The van der Waals surface area contributed by atoms with E-state index in [1.165, 1.54) is 0 Å². The van der Waals surface area contributed by atoms with Crippen LogP contribution in [0.3, 0.4) is 0 Å². The van der Waals surface area contributed by atoms with Crippen molar-refractivity contribution in [3.05, 3.63) is 145 Å². The number of hydrogen-bond donors (Lipinski definition) is 0. The molecule has 2 nitrogen and oxygen atoms in total. The third kappa shape index (κ3) is 3.07. The van der Waals surface area contributed by atoms with Crippen molar-refractivity contribution in [2.45, 2.75) is 0 Å². The first-order valence-electron chi connectivity index (χ1n) is 19.7. The molecule has 0 aliphatic carbocycles. The number of rotatable bonds is 3. The molecule has 0 saturated carbocycles. The summed E-state index contributed by atoms with van der Waals surface area (Å²) in [5.41, 5.74) is -1.34. The normalized spacial score (nSPS) is 17.6. The summed E-state index contributed by atoms with van der Waals surface area (Å²) in [7, 11) is 0. The highest BCUT2D eigenvalue weighted by Crippen LogP contribution is 2.37. The molecule has 0 fully saturated rings. The van der Waals surface area contributed by atoms with Crippen molar-refractivity contribution in [1.29, 1.82) is 0 Å². The number of para-hydroxylation sites is 3. The Hall–Kier alpha value is -5.08. The fourth-order valence-electron chi connectivity index (χ4n) is 4.92. The van der Waals surface area contributed by atoms with E-state index in [1.807, 2.05) is 24.3 Å². The van der Waals surface area contributed by atoms with E-state index in [0.717, 1.165) is 15.3 Å². The number of nitrogens with zero attached hydrogens (tertiary/aromatic N) is 2. The zero-order valence-corrected chi connectivity index (χ0v) is 19.5. The van der Waals surface area contributed by atoms with Gasteiger partial charge in [-0.25, -0.2) is 0 Å². The van der Waals surface area contributed by atoms with E-state index in [0.29, 0.717) is 11.0 Å². The van der Waals surface area contributed by atoms with E-state index in [-0.39, 0.29) is 27.5 Å². The van der Waals surface area contributed by atoms with Crippen molar-refractivity contribution < 1.29 is 21.9 Å². The quantitative estimate of drug-likeness (QED) is 0.229. The predicted molar refractivity (Wildman–Crippen MR) is 161 cm³/mol. The van der Waals surface area contributed by atoms with Gasteiger partial charge in [0.25, 0.3) is 0 Å². The standard InChI is InChI=1S/C36H24N2/c1-2-10-25(11-3-1)26-18-20-27(21-19-26)37-33-15-7-6-14-31(33)32-23-22-28(24-36(32)37)38-34-16-8-4-12-29(34)30-13-5-9-17-35(30)38/h1-24H/i1D,2D,3D,6D,7D,10D,11D,14D,15D,18D,19D,20D,21D,22D,23D,24D. The minimum atomic E-state index is -0.822. The van der Waals surface area contributed by atoms with Gasteiger partial charge >= 0.3 is 0 Å². The Morgan fingerprint density at radius 2 is 0.947 bits per heavy atom. The first kappa shape index (κ1) is 10.7.